The van der Waals surface area contributed by atoms with Crippen LogP contribution in [0.25, 0.3) is 6.08 Å². The fraction of sp³-hybridized carbons (Fsp3) is 0.375. The van der Waals surface area contributed by atoms with Gasteiger partial charge in [0.05, 0.1) is 9.80 Å². The van der Waals surface area contributed by atoms with Crippen molar-refractivity contribution in [1.82, 2.24) is 4.90 Å². The van der Waals surface area contributed by atoms with E-state index in [2.05, 4.69) is 18.0 Å². The van der Waals surface area contributed by atoms with E-state index in [-0.39, 0.29) is 0 Å². The van der Waals surface area contributed by atoms with Crippen LogP contribution in [0.3, 0.4) is 0 Å². The molecule has 0 amide bonds. The highest BCUT2D eigenvalue weighted by Crippen LogP contribution is 2.42. The van der Waals surface area contributed by atoms with E-state index in [1.54, 1.807) is 12.1 Å². The minimum atomic E-state index is -3.31. The summed E-state index contributed by atoms with van der Waals surface area (Å²) in [4.78, 5) is 3.37. The van der Waals surface area contributed by atoms with Crippen molar-refractivity contribution in [2.24, 2.45) is 0 Å². The van der Waals surface area contributed by atoms with Gasteiger partial charge in [-0.05, 0) is 49.6 Å². The molecule has 2 atom stereocenters. The molecule has 0 spiro atoms. The lowest BCUT2D eigenvalue weighted by Crippen LogP contribution is -2.35. The Balaban J connectivity index is 1.81. The fourth-order valence-electron chi connectivity index (χ4n) is 3.67. The van der Waals surface area contributed by atoms with Crippen LogP contribution in [0, 0.1) is 0 Å². The zero-order valence-electron chi connectivity index (χ0n) is 11.4. The molecule has 4 rings (SSSR count). The number of rotatable bonds is 1. The lowest BCUT2D eigenvalue weighted by molar-refractivity contribution is 0.256. The molecule has 2 unspecified atom stereocenters. The van der Waals surface area contributed by atoms with Crippen molar-refractivity contribution < 1.29 is 8.42 Å². The molecule has 3 heterocycles. The molecule has 0 aliphatic carbocycles. The summed E-state index contributed by atoms with van der Waals surface area (Å²) >= 11 is 0. The summed E-state index contributed by atoms with van der Waals surface area (Å²) in [6.07, 6.45) is 7.18. The van der Waals surface area contributed by atoms with Crippen LogP contribution in [0.4, 0.5) is 0 Å². The number of likely N-dealkylation sites (N-methyl/N-ethyl adjacent to an activating group) is 1. The van der Waals surface area contributed by atoms with Crippen molar-refractivity contribution in [1.29, 1.82) is 0 Å². The molecule has 3 aliphatic rings. The number of allylic oxidation sites excluding steroid dienone is 1. The van der Waals surface area contributed by atoms with Gasteiger partial charge in [0.15, 0.2) is 0 Å². The first-order valence-electron chi connectivity index (χ1n) is 7.06. The van der Waals surface area contributed by atoms with Crippen LogP contribution < -0.4 is 0 Å². The molecule has 0 saturated carbocycles. The Morgan fingerprint density at radius 1 is 1.20 bits per heavy atom. The van der Waals surface area contributed by atoms with Crippen LogP contribution in [0.1, 0.15) is 24.8 Å². The molecule has 2 bridgehead atoms. The third kappa shape index (κ3) is 1.58. The fourth-order valence-corrected chi connectivity index (χ4v) is 5.38. The summed E-state index contributed by atoms with van der Waals surface area (Å²) < 4.78 is 25.4. The summed E-state index contributed by atoms with van der Waals surface area (Å²) in [7, 11) is -1.17. The first-order valence-corrected chi connectivity index (χ1v) is 8.54. The molecule has 1 fully saturated rings. The molecular formula is C16H17NO2S. The number of fused-ring (bicyclic) bond motifs is 3. The molecule has 4 heteroatoms. The maximum absolute atomic E-state index is 12.7. The monoisotopic (exact) mass is 287 g/mol. The van der Waals surface area contributed by atoms with E-state index >= 15 is 0 Å². The topological polar surface area (TPSA) is 37.4 Å². The molecule has 3 aliphatic heterocycles. The number of sulfone groups is 1. The van der Waals surface area contributed by atoms with Gasteiger partial charge in [0.25, 0.3) is 0 Å². The van der Waals surface area contributed by atoms with Crippen LogP contribution in [0.15, 0.2) is 45.7 Å². The molecule has 3 nitrogen and oxygen atoms in total. The van der Waals surface area contributed by atoms with E-state index in [0.29, 0.717) is 21.9 Å². The highest BCUT2D eigenvalue weighted by atomic mass is 32.2. The minimum Gasteiger partial charge on any atom is -0.297 e. The van der Waals surface area contributed by atoms with Gasteiger partial charge in [0, 0.05) is 12.1 Å². The smallest absolute Gasteiger partial charge is 0.207 e. The standard InChI is InChI=1S/C16H17NO2S/c1-17-13-6-7-14(17)9-12(8-13)16-10-11-4-2-3-5-15(11)20(16,18)19/h2-5,8,10,13-14H,6-7,9H2,1H3. The molecule has 20 heavy (non-hydrogen) atoms. The van der Waals surface area contributed by atoms with E-state index in [9.17, 15) is 8.42 Å². The quantitative estimate of drug-likeness (QED) is 0.797. The van der Waals surface area contributed by atoms with Gasteiger partial charge in [-0.3, -0.25) is 4.90 Å². The summed E-state index contributed by atoms with van der Waals surface area (Å²) in [6.45, 7) is 0. The number of nitrogens with zero attached hydrogens (tertiary/aromatic N) is 1. The zero-order chi connectivity index (χ0) is 13.9. The maximum Gasteiger partial charge on any atom is 0.207 e. The molecule has 1 saturated heterocycles. The molecule has 1 aromatic rings. The molecule has 0 aromatic heterocycles. The summed E-state index contributed by atoms with van der Waals surface area (Å²) in [5.74, 6) is 0. The van der Waals surface area contributed by atoms with Gasteiger partial charge in [0.1, 0.15) is 0 Å². The number of benzene rings is 1. The van der Waals surface area contributed by atoms with E-state index < -0.39 is 9.84 Å². The Bertz CT molecular complexity index is 745. The average Bonchev–Trinajstić information content (AvgIpc) is 2.81. The van der Waals surface area contributed by atoms with Crippen molar-refractivity contribution in [3.8, 4) is 0 Å². The normalized spacial score (nSPS) is 30.9. The largest absolute Gasteiger partial charge is 0.297 e. The highest BCUT2D eigenvalue weighted by Gasteiger charge is 2.39. The highest BCUT2D eigenvalue weighted by molar-refractivity contribution is 7.96. The Hall–Kier alpha value is -1.39. The second-order valence-electron chi connectivity index (χ2n) is 5.91. The predicted molar refractivity (Wildman–Crippen MR) is 78.9 cm³/mol. The lowest BCUT2D eigenvalue weighted by Gasteiger charge is -2.30. The first-order chi connectivity index (χ1) is 9.57. The summed E-state index contributed by atoms with van der Waals surface area (Å²) in [5, 5.41) is 0. The van der Waals surface area contributed by atoms with Crippen molar-refractivity contribution in [3.63, 3.8) is 0 Å². The van der Waals surface area contributed by atoms with Crippen molar-refractivity contribution in [2.45, 2.75) is 36.2 Å². The summed E-state index contributed by atoms with van der Waals surface area (Å²) in [5.41, 5.74) is 1.85. The third-order valence-electron chi connectivity index (χ3n) is 4.84. The van der Waals surface area contributed by atoms with Crippen LogP contribution in [0.5, 0.6) is 0 Å². The number of hydrogen-bond donors (Lipinski definition) is 0. The predicted octanol–water partition coefficient (Wildman–Crippen LogP) is 2.61. The average molecular weight is 287 g/mol. The third-order valence-corrected chi connectivity index (χ3v) is 6.75. The van der Waals surface area contributed by atoms with Gasteiger partial charge in [-0.15, -0.1) is 0 Å². The van der Waals surface area contributed by atoms with E-state index in [1.807, 2.05) is 18.2 Å². The first kappa shape index (κ1) is 12.4. The molecule has 1 aromatic carbocycles. The van der Waals surface area contributed by atoms with Crippen LogP contribution in [-0.2, 0) is 9.84 Å². The SMILES string of the molecule is CN1C2C=C(C3=Cc4ccccc4S3(=O)=O)CC1CC2. The van der Waals surface area contributed by atoms with E-state index in [1.165, 1.54) is 6.42 Å². The Labute approximate surface area is 119 Å². The second-order valence-corrected chi connectivity index (χ2v) is 7.80. The van der Waals surface area contributed by atoms with Gasteiger partial charge < -0.3 is 0 Å². The Morgan fingerprint density at radius 3 is 2.75 bits per heavy atom. The second kappa shape index (κ2) is 4.06. The van der Waals surface area contributed by atoms with Crippen LogP contribution in [0.2, 0.25) is 0 Å². The maximum atomic E-state index is 12.7. The molecule has 0 N–H and O–H groups in total. The van der Waals surface area contributed by atoms with Crippen molar-refractivity contribution in [3.05, 3.63) is 46.4 Å². The van der Waals surface area contributed by atoms with E-state index in [0.717, 1.165) is 24.0 Å². The van der Waals surface area contributed by atoms with Crippen LogP contribution in [-0.4, -0.2) is 32.4 Å². The van der Waals surface area contributed by atoms with Gasteiger partial charge in [-0.25, -0.2) is 8.42 Å². The van der Waals surface area contributed by atoms with Crippen LogP contribution >= 0.6 is 0 Å². The van der Waals surface area contributed by atoms with Gasteiger partial charge in [-0.2, -0.15) is 0 Å². The van der Waals surface area contributed by atoms with Crippen molar-refractivity contribution in [2.75, 3.05) is 7.05 Å². The lowest BCUT2D eigenvalue weighted by atomic mass is 10.0. The zero-order valence-corrected chi connectivity index (χ0v) is 12.2. The van der Waals surface area contributed by atoms with Crippen molar-refractivity contribution >= 4 is 15.9 Å². The minimum absolute atomic E-state index is 0.406. The van der Waals surface area contributed by atoms with Gasteiger partial charge in [0.2, 0.25) is 9.84 Å². The Kier molecular flexibility index (Phi) is 2.51. The molecular weight excluding hydrogens is 270 g/mol. The Morgan fingerprint density at radius 2 is 2.00 bits per heavy atom. The van der Waals surface area contributed by atoms with E-state index in [4.69, 9.17) is 0 Å². The summed E-state index contributed by atoms with van der Waals surface area (Å²) in [6, 6.07) is 8.17. The van der Waals surface area contributed by atoms with Gasteiger partial charge >= 0.3 is 0 Å². The number of hydrogen-bond acceptors (Lipinski definition) is 3. The van der Waals surface area contributed by atoms with Gasteiger partial charge in [-0.1, -0.05) is 24.3 Å². The molecule has 0 radical (unpaired) electrons. The molecule has 104 valence electrons.